The molecule has 0 fully saturated rings. The summed E-state index contributed by atoms with van der Waals surface area (Å²) in [6.45, 7) is -0.747. The number of halogens is 3. The summed E-state index contributed by atoms with van der Waals surface area (Å²) in [4.78, 5) is 0. The van der Waals surface area contributed by atoms with Gasteiger partial charge in [-0.3, -0.25) is 0 Å². The van der Waals surface area contributed by atoms with Crippen LogP contribution < -0.4 is 10.1 Å². The maximum Gasteiger partial charge on any atom is 0.387 e. The van der Waals surface area contributed by atoms with Crippen LogP contribution in [0.4, 0.5) is 13.2 Å². The molecule has 0 spiro atoms. The minimum absolute atomic E-state index is 0.126. The molecule has 0 radical (unpaired) electrons. The van der Waals surface area contributed by atoms with Crippen molar-refractivity contribution < 1.29 is 17.9 Å². The predicted molar refractivity (Wildman–Crippen MR) is 74.7 cm³/mol. The van der Waals surface area contributed by atoms with E-state index < -0.39 is 6.61 Å². The SMILES string of the molecule is CC(NCc1ccccc1OC(F)F)c1ccccc1F. The number of hydrogen-bond donors (Lipinski definition) is 1. The molecule has 0 bridgehead atoms. The van der Waals surface area contributed by atoms with E-state index in [1.165, 1.54) is 12.1 Å². The second-order valence-corrected chi connectivity index (χ2v) is 4.61. The van der Waals surface area contributed by atoms with Crippen molar-refractivity contribution in [3.05, 3.63) is 65.5 Å². The first-order valence-corrected chi connectivity index (χ1v) is 6.58. The van der Waals surface area contributed by atoms with Crippen LogP contribution in [0, 0.1) is 5.82 Å². The van der Waals surface area contributed by atoms with E-state index >= 15 is 0 Å². The van der Waals surface area contributed by atoms with E-state index in [0.29, 0.717) is 17.7 Å². The van der Waals surface area contributed by atoms with E-state index in [4.69, 9.17) is 0 Å². The summed E-state index contributed by atoms with van der Waals surface area (Å²) < 4.78 is 42.8. The highest BCUT2D eigenvalue weighted by Crippen LogP contribution is 2.22. The van der Waals surface area contributed by atoms with Crippen LogP contribution in [0.1, 0.15) is 24.1 Å². The molecule has 0 aliphatic rings. The van der Waals surface area contributed by atoms with Crippen molar-refractivity contribution in [1.29, 1.82) is 0 Å². The predicted octanol–water partition coefficient (Wildman–Crippen LogP) is 4.28. The van der Waals surface area contributed by atoms with Crippen LogP contribution in [0.5, 0.6) is 5.75 Å². The lowest BCUT2D eigenvalue weighted by Crippen LogP contribution is -2.19. The molecule has 1 atom stereocenters. The van der Waals surface area contributed by atoms with Gasteiger partial charge in [-0.05, 0) is 19.1 Å². The minimum Gasteiger partial charge on any atom is -0.434 e. The van der Waals surface area contributed by atoms with Gasteiger partial charge in [-0.25, -0.2) is 4.39 Å². The van der Waals surface area contributed by atoms with Crippen LogP contribution in [0.2, 0.25) is 0 Å². The quantitative estimate of drug-likeness (QED) is 0.859. The van der Waals surface area contributed by atoms with Gasteiger partial charge >= 0.3 is 6.61 Å². The summed E-state index contributed by atoms with van der Waals surface area (Å²) in [5.74, 6) is -0.171. The standard InChI is InChI=1S/C16H16F3NO/c1-11(13-7-3-4-8-14(13)17)20-10-12-6-2-5-9-15(12)21-16(18)19/h2-9,11,16,20H,10H2,1H3. The van der Waals surface area contributed by atoms with Gasteiger partial charge < -0.3 is 10.1 Å². The van der Waals surface area contributed by atoms with E-state index in [1.807, 2.05) is 6.92 Å². The second-order valence-electron chi connectivity index (χ2n) is 4.61. The molecule has 2 aromatic rings. The van der Waals surface area contributed by atoms with Gasteiger partial charge in [0, 0.05) is 23.7 Å². The molecule has 2 rings (SSSR count). The Morgan fingerprint density at radius 2 is 1.71 bits per heavy atom. The minimum atomic E-state index is -2.87. The van der Waals surface area contributed by atoms with E-state index in [0.717, 1.165) is 0 Å². The van der Waals surface area contributed by atoms with Crippen LogP contribution in [0.3, 0.4) is 0 Å². The highest BCUT2D eigenvalue weighted by molar-refractivity contribution is 5.33. The molecule has 1 N–H and O–H groups in total. The summed E-state index contributed by atoms with van der Waals surface area (Å²) in [6.07, 6.45) is 0. The normalized spacial score (nSPS) is 12.4. The van der Waals surface area contributed by atoms with Crippen molar-refractivity contribution in [2.45, 2.75) is 26.1 Å². The Balaban J connectivity index is 2.05. The van der Waals surface area contributed by atoms with Crippen molar-refractivity contribution >= 4 is 0 Å². The molecule has 5 heteroatoms. The lowest BCUT2D eigenvalue weighted by molar-refractivity contribution is -0.0505. The summed E-state index contributed by atoms with van der Waals surface area (Å²) in [5, 5.41) is 3.10. The molecule has 0 aliphatic heterocycles. The first-order chi connectivity index (χ1) is 10.1. The molecule has 0 amide bonds. The molecular formula is C16H16F3NO. The van der Waals surface area contributed by atoms with Gasteiger partial charge in [-0.2, -0.15) is 8.78 Å². The van der Waals surface area contributed by atoms with Crippen molar-refractivity contribution in [3.8, 4) is 5.75 Å². The third-order valence-electron chi connectivity index (χ3n) is 3.16. The number of ether oxygens (including phenoxy) is 1. The number of alkyl halides is 2. The number of para-hydroxylation sites is 1. The van der Waals surface area contributed by atoms with E-state index in [1.54, 1.807) is 36.4 Å². The third-order valence-corrected chi connectivity index (χ3v) is 3.16. The maximum absolute atomic E-state index is 13.7. The molecule has 1 unspecified atom stereocenters. The molecule has 112 valence electrons. The lowest BCUT2D eigenvalue weighted by Gasteiger charge is -2.16. The topological polar surface area (TPSA) is 21.3 Å². The van der Waals surface area contributed by atoms with Gasteiger partial charge in [0.1, 0.15) is 11.6 Å². The third kappa shape index (κ3) is 4.23. The van der Waals surface area contributed by atoms with Gasteiger partial charge in [0.05, 0.1) is 0 Å². The molecule has 21 heavy (non-hydrogen) atoms. The highest BCUT2D eigenvalue weighted by Gasteiger charge is 2.12. The smallest absolute Gasteiger partial charge is 0.387 e. The fourth-order valence-electron chi connectivity index (χ4n) is 2.06. The summed E-state index contributed by atoms with van der Waals surface area (Å²) in [5.41, 5.74) is 1.13. The van der Waals surface area contributed by atoms with E-state index in [9.17, 15) is 13.2 Å². The Bertz CT molecular complexity index is 589. The lowest BCUT2D eigenvalue weighted by atomic mass is 10.1. The molecule has 0 aliphatic carbocycles. The molecule has 0 saturated carbocycles. The molecule has 0 heterocycles. The Labute approximate surface area is 121 Å². The van der Waals surface area contributed by atoms with Crippen molar-refractivity contribution in [1.82, 2.24) is 5.32 Å². The van der Waals surface area contributed by atoms with Gasteiger partial charge in [-0.15, -0.1) is 0 Å². The van der Waals surface area contributed by atoms with Gasteiger partial charge in [0.2, 0.25) is 0 Å². The molecule has 0 saturated heterocycles. The Hall–Kier alpha value is -2.01. The fraction of sp³-hybridized carbons (Fsp3) is 0.250. The van der Waals surface area contributed by atoms with Crippen LogP contribution in [-0.4, -0.2) is 6.61 Å². The summed E-state index contributed by atoms with van der Waals surface area (Å²) in [6, 6.07) is 12.8. The van der Waals surface area contributed by atoms with Crippen molar-refractivity contribution in [3.63, 3.8) is 0 Å². The molecular weight excluding hydrogens is 279 g/mol. The monoisotopic (exact) mass is 295 g/mol. The maximum atomic E-state index is 13.7. The average molecular weight is 295 g/mol. The van der Waals surface area contributed by atoms with Crippen LogP contribution in [-0.2, 0) is 6.54 Å². The highest BCUT2D eigenvalue weighted by atomic mass is 19.3. The summed E-state index contributed by atoms with van der Waals surface area (Å²) >= 11 is 0. The summed E-state index contributed by atoms with van der Waals surface area (Å²) in [7, 11) is 0. The fourth-order valence-corrected chi connectivity index (χ4v) is 2.06. The number of nitrogens with one attached hydrogen (secondary N) is 1. The first-order valence-electron chi connectivity index (χ1n) is 6.58. The number of rotatable bonds is 6. The zero-order chi connectivity index (χ0) is 15.2. The van der Waals surface area contributed by atoms with Gasteiger partial charge in [0.25, 0.3) is 0 Å². The zero-order valence-corrected chi connectivity index (χ0v) is 11.5. The first kappa shape index (κ1) is 15.4. The van der Waals surface area contributed by atoms with Gasteiger partial charge in [0.15, 0.2) is 0 Å². The Kier molecular flexibility index (Phi) is 5.22. The largest absolute Gasteiger partial charge is 0.434 e. The molecule has 2 aromatic carbocycles. The molecule has 2 nitrogen and oxygen atoms in total. The second kappa shape index (κ2) is 7.13. The van der Waals surface area contributed by atoms with Crippen LogP contribution in [0.25, 0.3) is 0 Å². The number of hydrogen-bond acceptors (Lipinski definition) is 2. The average Bonchev–Trinajstić information content (AvgIpc) is 2.46. The van der Waals surface area contributed by atoms with Crippen molar-refractivity contribution in [2.75, 3.05) is 0 Å². The Morgan fingerprint density at radius 3 is 2.43 bits per heavy atom. The van der Waals surface area contributed by atoms with E-state index in [-0.39, 0.29) is 17.6 Å². The van der Waals surface area contributed by atoms with Crippen LogP contribution in [0.15, 0.2) is 48.5 Å². The number of benzene rings is 2. The van der Waals surface area contributed by atoms with Crippen molar-refractivity contribution in [2.24, 2.45) is 0 Å². The van der Waals surface area contributed by atoms with Gasteiger partial charge in [-0.1, -0.05) is 36.4 Å². The Morgan fingerprint density at radius 1 is 1.05 bits per heavy atom. The zero-order valence-electron chi connectivity index (χ0n) is 11.5. The van der Waals surface area contributed by atoms with Crippen LogP contribution >= 0.6 is 0 Å². The molecule has 0 aromatic heterocycles. The van der Waals surface area contributed by atoms with E-state index in [2.05, 4.69) is 10.1 Å².